The second-order valence-corrected chi connectivity index (χ2v) is 6.87. The molecule has 0 saturated carbocycles. The standard InChI is InChI=1S/C18H25F4N3O2/c1-11-5-13(19)3-4-15(11)16(24-10-18(20,21)22)17(26)25-8-12(9-27-2)6-14(25)7-23/h3-5,12,14,16,24H,6-10,23H2,1-2H3/t12-,14-,16?/m0/s1. The monoisotopic (exact) mass is 391 g/mol. The van der Waals surface area contributed by atoms with Crippen LogP contribution in [-0.4, -0.2) is 56.4 Å². The van der Waals surface area contributed by atoms with Crippen LogP contribution in [0.15, 0.2) is 18.2 Å². The number of likely N-dealkylation sites (tertiary alicyclic amines) is 1. The lowest BCUT2D eigenvalue weighted by Gasteiger charge is -2.30. The maximum atomic E-state index is 13.4. The molecule has 2 rings (SSSR count). The molecule has 0 aromatic heterocycles. The van der Waals surface area contributed by atoms with Crippen LogP contribution in [0, 0.1) is 18.7 Å². The van der Waals surface area contributed by atoms with Gasteiger partial charge in [-0.05, 0) is 36.6 Å². The average molecular weight is 391 g/mol. The molecule has 9 heteroatoms. The van der Waals surface area contributed by atoms with Crippen LogP contribution in [0.4, 0.5) is 17.6 Å². The number of halogens is 4. The summed E-state index contributed by atoms with van der Waals surface area (Å²) in [6.45, 7) is 1.24. The number of amides is 1. The van der Waals surface area contributed by atoms with Gasteiger partial charge in [0.2, 0.25) is 5.91 Å². The second kappa shape index (κ2) is 8.99. The summed E-state index contributed by atoms with van der Waals surface area (Å²) in [6, 6.07) is 2.17. The number of rotatable bonds is 7. The summed E-state index contributed by atoms with van der Waals surface area (Å²) in [5.74, 6) is -0.937. The molecule has 5 nitrogen and oxygen atoms in total. The van der Waals surface area contributed by atoms with Gasteiger partial charge in [0.05, 0.1) is 13.2 Å². The van der Waals surface area contributed by atoms with E-state index in [0.717, 1.165) is 6.07 Å². The van der Waals surface area contributed by atoms with E-state index in [1.807, 2.05) is 0 Å². The Morgan fingerprint density at radius 2 is 2.15 bits per heavy atom. The summed E-state index contributed by atoms with van der Waals surface area (Å²) < 4.78 is 56.8. The Labute approximate surface area is 155 Å². The number of aryl methyl sites for hydroxylation is 1. The SMILES string of the molecule is COC[C@H]1C[C@@H](CN)N(C(=O)C(NCC(F)(F)F)c2ccc(F)cc2C)C1. The van der Waals surface area contributed by atoms with Crippen LogP contribution < -0.4 is 11.1 Å². The summed E-state index contributed by atoms with van der Waals surface area (Å²) in [7, 11) is 1.55. The topological polar surface area (TPSA) is 67.6 Å². The van der Waals surface area contributed by atoms with Gasteiger partial charge in [-0.2, -0.15) is 13.2 Å². The van der Waals surface area contributed by atoms with E-state index in [1.54, 1.807) is 14.0 Å². The smallest absolute Gasteiger partial charge is 0.384 e. The molecule has 1 heterocycles. The molecule has 1 saturated heterocycles. The lowest BCUT2D eigenvalue weighted by molar-refractivity contribution is -0.139. The summed E-state index contributed by atoms with van der Waals surface area (Å²) in [5.41, 5.74) is 6.49. The first-order valence-electron chi connectivity index (χ1n) is 8.72. The predicted octanol–water partition coefficient (Wildman–Crippen LogP) is 2.15. The van der Waals surface area contributed by atoms with Gasteiger partial charge in [0, 0.05) is 32.2 Å². The Morgan fingerprint density at radius 1 is 1.44 bits per heavy atom. The minimum Gasteiger partial charge on any atom is -0.384 e. The van der Waals surface area contributed by atoms with Gasteiger partial charge in [0.15, 0.2) is 0 Å². The Hall–Kier alpha value is -1.71. The Kier molecular flexibility index (Phi) is 7.19. The number of carbonyl (C=O) groups is 1. The zero-order chi connectivity index (χ0) is 20.2. The molecule has 27 heavy (non-hydrogen) atoms. The molecule has 1 aliphatic heterocycles. The normalized spacial score (nSPS) is 21.5. The van der Waals surface area contributed by atoms with Gasteiger partial charge in [-0.3, -0.25) is 10.1 Å². The molecule has 0 aliphatic carbocycles. The molecule has 1 aromatic rings. The largest absolute Gasteiger partial charge is 0.401 e. The predicted molar refractivity (Wildman–Crippen MR) is 92.5 cm³/mol. The second-order valence-electron chi connectivity index (χ2n) is 6.87. The van der Waals surface area contributed by atoms with Crippen LogP contribution in [0.3, 0.4) is 0 Å². The van der Waals surface area contributed by atoms with E-state index in [4.69, 9.17) is 10.5 Å². The number of benzene rings is 1. The van der Waals surface area contributed by atoms with Crippen LogP contribution in [-0.2, 0) is 9.53 Å². The minimum absolute atomic E-state index is 0.0741. The van der Waals surface area contributed by atoms with Crippen LogP contribution >= 0.6 is 0 Å². The van der Waals surface area contributed by atoms with Crippen LogP contribution in [0.5, 0.6) is 0 Å². The first-order chi connectivity index (χ1) is 12.7. The fourth-order valence-corrected chi connectivity index (χ4v) is 3.54. The van der Waals surface area contributed by atoms with Crippen molar-refractivity contribution < 1.29 is 27.1 Å². The Morgan fingerprint density at radius 3 is 2.70 bits per heavy atom. The van der Waals surface area contributed by atoms with E-state index in [9.17, 15) is 22.4 Å². The summed E-state index contributed by atoms with van der Waals surface area (Å²) in [5, 5.41) is 2.29. The number of alkyl halides is 3. The van der Waals surface area contributed by atoms with Crippen molar-refractivity contribution in [3.63, 3.8) is 0 Å². The molecular weight excluding hydrogens is 366 g/mol. The Balaban J connectivity index is 2.29. The Bertz CT molecular complexity index is 654. The average Bonchev–Trinajstić information content (AvgIpc) is 2.98. The van der Waals surface area contributed by atoms with E-state index in [1.165, 1.54) is 17.0 Å². The number of hydrogen-bond acceptors (Lipinski definition) is 4. The van der Waals surface area contributed by atoms with E-state index in [2.05, 4.69) is 5.32 Å². The van der Waals surface area contributed by atoms with E-state index < -0.39 is 30.5 Å². The fraction of sp³-hybridized carbons (Fsp3) is 0.611. The van der Waals surface area contributed by atoms with Gasteiger partial charge in [-0.1, -0.05) is 6.07 Å². The third-order valence-corrected chi connectivity index (χ3v) is 4.76. The molecule has 0 spiro atoms. The van der Waals surface area contributed by atoms with Crippen molar-refractivity contribution in [3.05, 3.63) is 35.1 Å². The number of carbonyl (C=O) groups excluding carboxylic acids is 1. The maximum Gasteiger partial charge on any atom is 0.401 e. The third-order valence-electron chi connectivity index (χ3n) is 4.76. The minimum atomic E-state index is -4.48. The maximum absolute atomic E-state index is 13.4. The number of nitrogens with two attached hydrogens (primary N) is 1. The molecule has 3 atom stereocenters. The van der Waals surface area contributed by atoms with Crippen molar-refractivity contribution >= 4 is 5.91 Å². The number of hydrogen-bond donors (Lipinski definition) is 2. The number of ether oxygens (including phenoxy) is 1. The molecule has 1 fully saturated rings. The zero-order valence-corrected chi connectivity index (χ0v) is 15.4. The van der Waals surface area contributed by atoms with Crippen molar-refractivity contribution in [2.75, 3.05) is 33.4 Å². The van der Waals surface area contributed by atoms with Gasteiger partial charge in [-0.25, -0.2) is 4.39 Å². The molecule has 3 N–H and O–H groups in total. The van der Waals surface area contributed by atoms with E-state index >= 15 is 0 Å². The molecule has 1 amide bonds. The van der Waals surface area contributed by atoms with Crippen molar-refractivity contribution in [1.82, 2.24) is 10.2 Å². The molecule has 1 aromatic carbocycles. The summed E-state index contributed by atoms with van der Waals surface area (Å²) in [6.07, 6.45) is -3.85. The van der Waals surface area contributed by atoms with Crippen molar-refractivity contribution in [2.45, 2.75) is 31.6 Å². The fourth-order valence-electron chi connectivity index (χ4n) is 3.54. The molecule has 1 aliphatic rings. The van der Waals surface area contributed by atoms with Crippen LogP contribution in [0.1, 0.15) is 23.6 Å². The summed E-state index contributed by atoms with van der Waals surface area (Å²) in [4.78, 5) is 14.6. The van der Waals surface area contributed by atoms with Crippen LogP contribution in [0.25, 0.3) is 0 Å². The van der Waals surface area contributed by atoms with Gasteiger partial charge < -0.3 is 15.4 Å². The first kappa shape index (κ1) is 21.6. The molecular formula is C18H25F4N3O2. The van der Waals surface area contributed by atoms with Crippen molar-refractivity contribution in [2.24, 2.45) is 11.7 Å². The number of methoxy groups -OCH3 is 1. The third kappa shape index (κ3) is 5.63. The van der Waals surface area contributed by atoms with Crippen molar-refractivity contribution in [3.8, 4) is 0 Å². The first-order valence-corrected chi connectivity index (χ1v) is 8.72. The van der Waals surface area contributed by atoms with Crippen molar-refractivity contribution in [1.29, 1.82) is 0 Å². The highest BCUT2D eigenvalue weighted by Crippen LogP contribution is 2.29. The number of nitrogens with zero attached hydrogens (tertiary/aromatic N) is 1. The van der Waals surface area contributed by atoms with Crippen LogP contribution in [0.2, 0.25) is 0 Å². The summed E-state index contributed by atoms with van der Waals surface area (Å²) >= 11 is 0. The lowest BCUT2D eigenvalue weighted by atomic mass is 9.99. The zero-order valence-electron chi connectivity index (χ0n) is 15.4. The number of nitrogens with one attached hydrogen (secondary N) is 1. The highest BCUT2D eigenvalue weighted by molar-refractivity contribution is 5.84. The van der Waals surface area contributed by atoms with Gasteiger partial charge >= 0.3 is 6.18 Å². The van der Waals surface area contributed by atoms with Gasteiger partial charge in [0.1, 0.15) is 11.9 Å². The van der Waals surface area contributed by atoms with Gasteiger partial charge in [0.25, 0.3) is 0 Å². The van der Waals surface area contributed by atoms with Gasteiger partial charge in [-0.15, -0.1) is 0 Å². The molecule has 1 unspecified atom stereocenters. The van der Waals surface area contributed by atoms with E-state index in [0.29, 0.717) is 30.7 Å². The molecule has 152 valence electrons. The quantitative estimate of drug-likeness (QED) is 0.699. The lowest BCUT2D eigenvalue weighted by Crippen LogP contribution is -2.47. The van der Waals surface area contributed by atoms with E-state index in [-0.39, 0.29) is 18.5 Å². The molecule has 0 radical (unpaired) electrons. The molecule has 0 bridgehead atoms. The highest BCUT2D eigenvalue weighted by Gasteiger charge is 2.39. The highest BCUT2D eigenvalue weighted by atomic mass is 19.4.